The molecule has 2 N–H and O–H groups in total. The first-order chi connectivity index (χ1) is 16.5. The van der Waals surface area contributed by atoms with Gasteiger partial charge >= 0.3 is 0 Å². The highest BCUT2D eigenvalue weighted by Crippen LogP contribution is 2.32. The SMILES string of the molecule is CCCCCNc1cc(C(=O)Nc2ccc3c(c2)N(C)C(=O)CC3)ccc1-c1cccc(Cl)c1. The molecule has 0 saturated heterocycles. The molecule has 6 heteroatoms. The van der Waals surface area contributed by atoms with Crippen LogP contribution in [0.25, 0.3) is 11.1 Å². The predicted octanol–water partition coefficient (Wildman–Crippen LogP) is 6.77. The first kappa shape index (κ1) is 23.8. The molecule has 5 nitrogen and oxygen atoms in total. The summed E-state index contributed by atoms with van der Waals surface area (Å²) in [4.78, 5) is 26.8. The Hall–Kier alpha value is -3.31. The van der Waals surface area contributed by atoms with E-state index in [0.29, 0.717) is 22.7 Å². The van der Waals surface area contributed by atoms with Crippen molar-refractivity contribution in [2.75, 3.05) is 29.1 Å². The van der Waals surface area contributed by atoms with Gasteiger partial charge in [-0.15, -0.1) is 0 Å². The zero-order valence-electron chi connectivity index (χ0n) is 19.7. The number of carbonyl (C=O) groups is 2. The summed E-state index contributed by atoms with van der Waals surface area (Å²) in [6.07, 6.45) is 4.60. The zero-order valence-corrected chi connectivity index (χ0v) is 20.4. The molecule has 0 radical (unpaired) electrons. The highest BCUT2D eigenvalue weighted by Gasteiger charge is 2.21. The molecular weight excluding hydrogens is 446 g/mol. The number of fused-ring (bicyclic) bond motifs is 1. The first-order valence-electron chi connectivity index (χ1n) is 11.8. The van der Waals surface area contributed by atoms with Gasteiger partial charge in [0.25, 0.3) is 5.91 Å². The van der Waals surface area contributed by atoms with Crippen molar-refractivity contribution in [1.82, 2.24) is 0 Å². The standard InChI is InChI=1S/C28H30ClN3O2/c1-3-4-5-15-30-25-17-21(10-13-24(25)20-7-6-8-22(29)16-20)28(34)31-23-12-9-19-11-14-27(33)32(2)26(19)18-23/h6-10,12-13,16-18,30H,3-5,11,14-15H2,1-2H3,(H,31,34). The number of nitrogens with zero attached hydrogens (tertiary/aromatic N) is 1. The van der Waals surface area contributed by atoms with Gasteiger partial charge < -0.3 is 15.5 Å². The number of nitrogens with one attached hydrogen (secondary N) is 2. The Kier molecular flexibility index (Phi) is 7.53. The lowest BCUT2D eigenvalue weighted by Crippen LogP contribution is -2.31. The third kappa shape index (κ3) is 5.42. The summed E-state index contributed by atoms with van der Waals surface area (Å²) < 4.78 is 0. The maximum absolute atomic E-state index is 13.1. The Balaban J connectivity index is 1.58. The molecule has 0 spiro atoms. The Morgan fingerprint density at radius 3 is 2.68 bits per heavy atom. The van der Waals surface area contributed by atoms with Crippen LogP contribution >= 0.6 is 11.6 Å². The van der Waals surface area contributed by atoms with Crippen molar-refractivity contribution >= 4 is 40.5 Å². The van der Waals surface area contributed by atoms with Gasteiger partial charge in [0.1, 0.15) is 0 Å². The molecule has 1 aliphatic rings. The van der Waals surface area contributed by atoms with Crippen molar-refractivity contribution in [1.29, 1.82) is 0 Å². The van der Waals surface area contributed by atoms with Crippen molar-refractivity contribution in [3.05, 3.63) is 76.8 Å². The van der Waals surface area contributed by atoms with Crippen molar-refractivity contribution < 1.29 is 9.59 Å². The Morgan fingerprint density at radius 1 is 1.03 bits per heavy atom. The number of rotatable bonds is 8. The monoisotopic (exact) mass is 475 g/mol. The van der Waals surface area contributed by atoms with Crippen molar-refractivity contribution in [2.24, 2.45) is 0 Å². The van der Waals surface area contributed by atoms with Crippen molar-refractivity contribution in [3.63, 3.8) is 0 Å². The number of aryl methyl sites for hydroxylation is 1. The van der Waals surface area contributed by atoms with E-state index in [0.717, 1.165) is 60.3 Å². The maximum Gasteiger partial charge on any atom is 0.255 e. The van der Waals surface area contributed by atoms with Gasteiger partial charge in [0.2, 0.25) is 5.91 Å². The van der Waals surface area contributed by atoms with E-state index in [2.05, 4.69) is 17.6 Å². The molecule has 3 aromatic rings. The number of amides is 2. The van der Waals surface area contributed by atoms with Gasteiger partial charge in [-0.1, -0.05) is 55.6 Å². The second-order valence-corrected chi connectivity index (χ2v) is 9.09. The van der Waals surface area contributed by atoms with Crippen molar-refractivity contribution in [3.8, 4) is 11.1 Å². The molecular formula is C28H30ClN3O2. The fourth-order valence-electron chi connectivity index (χ4n) is 4.25. The van der Waals surface area contributed by atoms with E-state index in [4.69, 9.17) is 11.6 Å². The number of unbranched alkanes of at least 4 members (excludes halogenated alkanes) is 2. The second kappa shape index (κ2) is 10.7. The number of anilines is 3. The average Bonchev–Trinajstić information content (AvgIpc) is 2.84. The fraction of sp³-hybridized carbons (Fsp3) is 0.286. The van der Waals surface area contributed by atoms with Crippen LogP contribution in [-0.4, -0.2) is 25.4 Å². The van der Waals surface area contributed by atoms with E-state index in [9.17, 15) is 9.59 Å². The summed E-state index contributed by atoms with van der Waals surface area (Å²) in [7, 11) is 1.77. The summed E-state index contributed by atoms with van der Waals surface area (Å²) in [6.45, 7) is 3.01. The Bertz CT molecular complexity index is 1210. The van der Waals surface area contributed by atoms with Gasteiger partial charge in [-0.2, -0.15) is 0 Å². The lowest BCUT2D eigenvalue weighted by molar-refractivity contribution is -0.118. The van der Waals surface area contributed by atoms with Crippen LogP contribution in [0.3, 0.4) is 0 Å². The van der Waals surface area contributed by atoms with Gasteiger partial charge in [-0.25, -0.2) is 0 Å². The van der Waals surface area contributed by atoms with Crippen LogP contribution in [0.1, 0.15) is 48.5 Å². The van der Waals surface area contributed by atoms with Crippen LogP contribution in [0, 0.1) is 0 Å². The number of benzene rings is 3. The third-order valence-electron chi connectivity index (χ3n) is 6.20. The molecule has 0 bridgehead atoms. The molecule has 0 fully saturated rings. The first-order valence-corrected chi connectivity index (χ1v) is 12.2. The molecule has 0 atom stereocenters. The fourth-order valence-corrected chi connectivity index (χ4v) is 4.44. The summed E-state index contributed by atoms with van der Waals surface area (Å²) in [5, 5.41) is 7.17. The molecule has 0 saturated carbocycles. The number of hydrogen-bond acceptors (Lipinski definition) is 3. The van der Waals surface area contributed by atoms with E-state index in [1.165, 1.54) is 0 Å². The third-order valence-corrected chi connectivity index (χ3v) is 6.44. The average molecular weight is 476 g/mol. The van der Waals surface area contributed by atoms with E-state index in [-0.39, 0.29) is 11.8 Å². The maximum atomic E-state index is 13.1. The normalized spacial score (nSPS) is 12.9. The molecule has 1 aliphatic heterocycles. The van der Waals surface area contributed by atoms with E-state index >= 15 is 0 Å². The lowest BCUT2D eigenvalue weighted by atomic mass is 10.00. The molecule has 2 amide bonds. The highest BCUT2D eigenvalue weighted by molar-refractivity contribution is 6.30. The van der Waals surface area contributed by atoms with E-state index < -0.39 is 0 Å². The Labute approximate surface area is 206 Å². The molecule has 34 heavy (non-hydrogen) atoms. The topological polar surface area (TPSA) is 61.4 Å². The second-order valence-electron chi connectivity index (χ2n) is 8.65. The van der Waals surface area contributed by atoms with Gasteiger partial charge in [0, 0.05) is 53.2 Å². The van der Waals surface area contributed by atoms with E-state index in [1.54, 1.807) is 11.9 Å². The number of carbonyl (C=O) groups excluding carboxylic acids is 2. The lowest BCUT2D eigenvalue weighted by Gasteiger charge is -2.26. The number of hydrogen-bond donors (Lipinski definition) is 2. The van der Waals surface area contributed by atoms with Crippen LogP contribution in [0.4, 0.5) is 17.1 Å². The van der Waals surface area contributed by atoms with Gasteiger partial charge in [0.05, 0.1) is 0 Å². The summed E-state index contributed by atoms with van der Waals surface area (Å²) >= 11 is 6.23. The molecule has 1 heterocycles. The molecule has 0 unspecified atom stereocenters. The molecule has 0 aromatic heterocycles. The minimum absolute atomic E-state index is 0.0892. The van der Waals surface area contributed by atoms with Crippen LogP contribution in [-0.2, 0) is 11.2 Å². The van der Waals surface area contributed by atoms with Gasteiger partial charge in [0.15, 0.2) is 0 Å². The van der Waals surface area contributed by atoms with Gasteiger partial charge in [-0.05, 0) is 60.4 Å². The largest absolute Gasteiger partial charge is 0.385 e. The van der Waals surface area contributed by atoms with Crippen LogP contribution in [0.15, 0.2) is 60.7 Å². The summed E-state index contributed by atoms with van der Waals surface area (Å²) in [6, 6.07) is 19.2. The highest BCUT2D eigenvalue weighted by atomic mass is 35.5. The molecule has 3 aromatic carbocycles. The molecule has 176 valence electrons. The van der Waals surface area contributed by atoms with Crippen LogP contribution < -0.4 is 15.5 Å². The van der Waals surface area contributed by atoms with Crippen LogP contribution in [0.5, 0.6) is 0 Å². The van der Waals surface area contributed by atoms with Gasteiger partial charge in [-0.3, -0.25) is 9.59 Å². The quantitative estimate of drug-likeness (QED) is 0.353. The van der Waals surface area contributed by atoms with Crippen molar-refractivity contribution in [2.45, 2.75) is 39.0 Å². The molecule has 0 aliphatic carbocycles. The zero-order chi connectivity index (χ0) is 24.1. The molecule has 4 rings (SSSR count). The van der Waals surface area contributed by atoms with E-state index in [1.807, 2.05) is 60.7 Å². The minimum atomic E-state index is -0.195. The number of halogens is 1. The predicted molar refractivity (Wildman–Crippen MR) is 141 cm³/mol. The minimum Gasteiger partial charge on any atom is -0.385 e. The summed E-state index contributed by atoms with van der Waals surface area (Å²) in [5.74, 6) is -0.106. The Morgan fingerprint density at radius 2 is 1.88 bits per heavy atom. The smallest absolute Gasteiger partial charge is 0.255 e. The van der Waals surface area contributed by atoms with Crippen LogP contribution in [0.2, 0.25) is 5.02 Å². The summed E-state index contributed by atoms with van der Waals surface area (Å²) in [5.41, 5.74) is 6.10.